The van der Waals surface area contributed by atoms with Crippen LogP contribution in [0.3, 0.4) is 0 Å². The van der Waals surface area contributed by atoms with Crippen molar-refractivity contribution in [2.75, 3.05) is 0 Å². The highest BCUT2D eigenvalue weighted by Crippen LogP contribution is 2.51. The topological polar surface area (TPSA) is 79.8 Å². The van der Waals surface area contributed by atoms with Gasteiger partial charge in [0.2, 0.25) is 0 Å². The molecule has 3 N–H and O–H groups in total. The van der Waals surface area contributed by atoms with E-state index in [1.807, 2.05) is 75.4 Å². The summed E-state index contributed by atoms with van der Waals surface area (Å²) in [6.45, 7) is 5.63. The molecule has 0 fully saturated rings. The fourth-order valence-corrected chi connectivity index (χ4v) is 3.84. The van der Waals surface area contributed by atoms with E-state index in [1.165, 1.54) is 0 Å². The van der Waals surface area contributed by atoms with Crippen LogP contribution >= 0.6 is 7.82 Å². The van der Waals surface area contributed by atoms with Crippen LogP contribution in [-0.2, 0) is 4.57 Å². The number of hydrogen-bond acceptors (Lipinski definition) is 5. The molecule has 27 heavy (non-hydrogen) atoms. The lowest BCUT2D eigenvalue weighted by Gasteiger charge is -2.21. The molecule has 0 unspecified atom stereocenters. The van der Waals surface area contributed by atoms with Crippen LogP contribution in [0.15, 0.2) is 72.8 Å². The molecule has 142 valence electrons. The smallest absolute Gasteiger partial charge is 0.386 e. The average Bonchev–Trinajstić information content (AvgIpc) is 2.61. The fourth-order valence-electron chi connectivity index (χ4n) is 2.39. The van der Waals surface area contributed by atoms with Gasteiger partial charge in [0.1, 0.15) is 17.2 Å². The van der Waals surface area contributed by atoms with E-state index in [0.29, 0.717) is 17.2 Å². The van der Waals surface area contributed by atoms with Gasteiger partial charge in [-0.3, -0.25) is 0 Å². The van der Waals surface area contributed by atoms with Crippen molar-refractivity contribution in [3.05, 3.63) is 89.5 Å². The molecule has 0 saturated carbocycles. The highest BCUT2D eigenvalue weighted by Gasteiger charge is 2.34. The number of hydrogen-bond donors (Lipinski definition) is 1. The number of phosphoric ester groups is 1. The molecule has 0 aliphatic rings. The van der Waals surface area contributed by atoms with Gasteiger partial charge in [0, 0.05) is 0 Å². The van der Waals surface area contributed by atoms with Crippen LogP contribution in [0.1, 0.15) is 18.1 Å². The molecule has 0 bridgehead atoms. The Labute approximate surface area is 161 Å². The van der Waals surface area contributed by atoms with Crippen LogP contribution in [0, 0.1) is 20.8 Å². The van der Waals surface area contributed by atoms with E-state index in [4.69, 9.17) is 13.6 Å². The summed E-state index contributed by atoms with van der Waals surface area (Å²) in [5, 5.41) is 0. The highest BCUT2D eigenvalue weighted by atomic mass is 31.2. The van der Waals surface area contributed by atoms with Crippen LogP contribution < -0.4 is 19.7 Å². The SMILES string of the molecule is Cc1ccccc1OP(=O)(Oc1ccccc1C)Oc1ccccc1C.N.[H+]. The van der Waals surface area contributed by atoms with Crippen molar-refractivity contribution in [3.63, 3.8) is 0 Å². The molecule has 0 aliphatic heterocycles. The minimum absolute atomic E-state index is 0. The second-order valence-corrected chi connectivity index (χ2v) is 7.46. The third kappa shape index (κ3) is 5.13. The zero-order valence-corrected chi connectivity index (χ0v) is 16.6. The molecule has 3 aromatic carbocycles. The Hall–Kier alpha value is -2.75. The largest absolute Gasteiger partial charge is 1.00 e. The Bertz CT molecular complexity index is 842. The van der Waals surface area contributed by atoms with E-state index in [2.05, 4.69) is 0 Å². The van der Waals surface area contributed by atoms with Crippen LogP contribution in [-0.4, -0.2) is 0 Å². The minimum atomic E-state index is -3.97. The Morgan fingerprint density at radius 2 is 0.852 bits per heavy atom. The lowest BCUT2D eigenvalue weighted by atomic mass is 10.2. The van der Waals surface area contributed by atoms with Gasteiger partial charge in [0.25, 0.3) is 0 Å². The van der Waals surface area contributed by atoms with Gasteiger partial charge in [-0.15, -0.1) is 0 Å². The molecule has 0 aromatic heterocycles. The lowest BCUT2D eigenvalue weighted by molar-refractivity contribution is 0.296. The third-order valence-corrected chi connectivity index (χ3v) is 5.17. The van der Waals surface area contributed by atoms with Crippen molar-refractivity contribution in [1.29, 1.82) is 0 Å². The van der Waals surface area contributed by atoms with Gasteiger partial charge in [-0.2, -0.15) is 4.57 Å². The molecule has 0 amide bonds. The summed E-state index contributed by atoms with van der Waals surface area (Å²) in [5.41, 5.74) is 2.53. The molecule has 3 rings (SSSR count). The first-order valence-electron chi connectivity index (χ1n) is 8.32. The molecule has 0 saturated heterocycles. The first-order chi connectivity index (χ1) is 12.5. The summed E-state index contributed by atoms with van der Waals surface area (Å²) >= 11 is 0. The lowest BCUT2D eigenvalue weighted by Crippen LogP contribution is -2.09. The molecule has 0 aliphatic carbocycles. The molecule has 6 heteroatoms. The van der Waals surface area contributed by atoms with Gasteiger partial charge >= 0.3 is 9.25 Å². The fraction of sp³-hybridized carbons (Fsp3) is 0.143. The maximum absolute atomic E-state index is 13.5. The average molecular weight is 386 g/mol. The number of para-hydroxylation sites is 3. The Morgan fingerprint density at radius 1 is 0.593 bits per heavy atom. The van der Waals surface area contributed by atoms with Crippen LogP contribution in [0.4, 0.5) is 0 Å². The van der Waals surface area contributed by atoms with Gasteiger partial charge in [0.05, 0.1) is 0 Å². The molecule has 0 heterocycles. The Morgan fingerprint density at radius 3 is 1.11 bits per heavy atom. The molecule has 3 aromatic rings. The first kappa shape index (κ1) is 20.6. The zero-order valence-electron chi connectivity index (χ0n) is 16.7. The van der Waals surface area contributed by atoms with Gasteiger partial charge in [-0.25, -0.2) is 0 Å². The van der Waals surface area contributed by atoms with Gasteiger partial charge in [-0.1, -0.05) is 54.6 Å². The van der Waals surface area contributed by atoms with E-state index in [9.17, 15) is 4.57 Å². The van der Waals surface area contributed by atoms with Crippen molar-refractivity contribution in [1.82, 2.24) is 6.15 Å². The monoisotopic (exact) mass is 386 g/mol. The van der Waals surface area contributed by atoms with E-state index >= 15 is 0 Å². The van der Waals surface area contributed by atoms with E-state index in [0.717, 1.165) is 16.7 Å². The molecular formula is C21H25NO4P+. The molecule has 0 atom stereocenters. The highest BCUT2D eigenvalue weighted by molar-refractivity contribution is 7.49. The normalized spacial score (nSPS) is 10.6. The van der Waals surface area contributed by atoms with E-state index < -0.39 is 7.82 Å². The summed E-state index contributed by atoms with van der Waals surface area (Å²) in [5.74, 6) is 1.37. The standard InChI is InChI=1S/C21H21O4P.H3N/c1-16-10-4-7-13-19(16)23-26(22,24-20-14-8-5-11-17(20)2)25-21-15-9-6-12-18(21)3;/h4-15H,1-3H3;1H3/p+1. The summed E-state index contributed by atoms with van der Waals surface area (Å²) in [7, 11) is -3.97. The van der Waals surface area contributed by atoms with E-state index in [-0.39, 0.29) is 7.58 Å². The van der Waals surface area contributed by atoms with Crippen LogP contribution in [0.5, 0.6) is 17.2 Å². The third-order valence-electron chi connectivity index (χ3n) is 3.91. The van der Waals surface area contributed by atoms with Gasteiger partial charge in [0.15, 0.2) is 0 Å². The number of phosphoric acid groups is 1. The zero-order chi connectivity index (χ0) is 18.6. The molecule has 5 nitrogen and oxygen atoms in total. The van der Waals surface area contributed by atoms with Gasteiger partial charge in [-0.05, 0) is 55.7 Å². The predicted molar refractivity (Wildman–Crippen MR) is 109 cm³/mol. The molecular weight excluding hydrogens is 361 g/mol. The van der Waals surface area contributed by atoms with E-state index in [1.54, 1.807) is 18.2 Å². The quantitative estimate of drug-likeness (QED) is 0.487. The van der Waals surface area contributed by atoms with Crippen LogP contribution in [0.25, 0.3) is 0 Å². The number of rotatable bonds is 6. The summed E-state index contributed by atoms with van der Waals surface area (Å²) < 4.78 is 30.8. The minimum Gasteiger partial charge on any atom is -0.386 e. The first-order valence-corrected chi connectivity index (χ1v) is 9.79. The van der Waals surface area contributed by atoms with Crippen molar-refractivity contribution in [2.45, 2.75) is 20.8 Å². The maximum atomic E-state index is 13.5. The summed E-state index contributed by atoms with van der Waals surface area (Å²) in [4.78, 5) is 0. The van der Waals surface area contributed by atoms with Gasteiger partial charge < -0.3 is 19.7 Å². The molecule has 0 radical (unpaired) electrons. The van der Waals surface area contributed by atoms with Crippen LogP contribution in [0.2, 0.25) is 0 Å². The van der Waals surface area contributed by atoms with Crippen molar-refractivity contribution in [2.24, 2.45) is 0 Å². The Kier molecular flexibility index (Phi) is 6.67. The predicted octanol–water partition coefficient (Wildman–Crippen LogP) is 6.53. The molecule has 0 spiro atoms. The number of aryl methyl sites for hydroxylation is 3. The van der Waals surface area contributed by atoms with Crippen molar-refractivity contribution < 1.29 is 19.6 Å². The summed E-state index contributed by atoms with van der Waals surface area (Å²) in [6.07, 6.45) is 0. The second-order valence-electron chi connectivity index (χ2n) is 6.02. The van der Waals surface area contributed by atoms with Crippen molar-refractivity contribution in [3.8, 4) is 17.2 Å². The number of benzene rings is 3. The maximum Gasteiger partial charge on any atom is 1.00 e. The Balaban J connectivity index is 0.00000196. The second kappa shape index (κ2) is 8.76. The van der Waals surface area contributed by atoms with Crippen molar-refractivity contribution >= 4 is 7.82 Å². The summed E-state index contributed by atoms with van der Waals surface area (Å²) in [6, 6.07) is 22.0.